The standard InChI is InChI=1S/C11H7ClF3N3O/c12-9-4-7(11(13,14)15)5-16-10(9)18-17-6-8-2-1-3-19-8/h1-6H,(H,16,18). The Morgan fingerprint density at radius 1 is 1.42 bits per heavy atom. The lowest BCUT2D eigenvalue weighted by atomic mass is 10.3. The highest BCUT2D eigenvalue weighted by Gasteiger charge is 2.31. The van der Waals surface area contributed by atoms with Gasteiger partial charge in [-0.15, -0.1) is 0 Å². The van der Waals surface area contributed by atoms with E-state index in [1.165, 1.54) is 12.5 Å². The van der Waals surface area contributed by atoms with Crippen molar-refractivity contribution in [2.24, 2.45) is 5.10 Å². The van der Waals surface area contributed by atoms with Gasteiger partial charge in [-0.1, -0.05) is 11.6 Å². The Hall–Kier alpha value is -2.02. The monoisotopic (exact) mass is 289 g/mol. The average molecular weight is 290 g/mol. The predicted octanol–water partition coefficient (Wildman–Crippen LogP) is 3.79. The molecule has 0 unspecified atom stereocenters. The lowest BCUT2D eigenvalue weighted by molar-refractivity contribution is -0.137. The highest BCUT2D eigenvalue weighted by atomic mass is 35.5. The second-order valence-corrected chi connectivity index (χ2v) is 3.84. The molecule has 0 fully saturated rings. The summed E-state index contributed by atoms with van der Waals surface area (Å²) in [6.45, 7) is 0. The number of nitrogens with one attached hydrogen (secondary N) is 1. The molecule has 0 aliphatic heterocycles. The Morgan fingerprint density at radius 2 is 2.21 bits per heavy atom. The number of hydrogen-bond donors (Lipinski definition) is 1. The third-order valence-corrected chi connectivity index (χ3v) is 2.36. The number of furan rings is 1. The normalized spacial score (nSPS) is 12.0. The quantitative estimate of drug-likeness (QED) is 0.691. The van der Waals surface area contributed by atoms with Crippen LogP contribution in [0.5, 0.6) is 0 Å². The minimum atomic E-state index is -4.48. The van der Waals surface area contributed by atoms with Crippen molar-refractivity contribution < 1.29 is 17.6 Å². The first-order chi connectivity index (χ1) is 8.97. The molecule has 0 saturated heterocycles. The van der Waals surface area contributed by atoms with Crippen molar-refractivity contribution in [3.05, 3.63) is 47.0 Å². The average Bonchev–Trinajstić information content (AvgIpc) is 2.83. The van der Waals surface area contributed by atoms with E-state index in [0.29, 0.717) is 12.0 Å². The fraction of sp³-hybridized carbons (Fsp3) is 0.0909. The van der Waals surface area contributed by atoms with E-state index in [1.54, 1.807) is 12.1 Å². The topological polar surface area (TPSA) is 50.4 Å². The molecule has 0 aliphatic rings. The van der Waals surface area contributed by atoms with Crippen molar-refractivity contribution in [2.45, 2.75) is 6.18 Å². The van der Waals surface area contributed by atoms with Crippen molar-refractivity contribution in [1.82, 2.24) is 4.98 Å². The summed E-state index contributed by atoms with van der Waals surface area (Å²) in [5, 5.41) is 3.57. The number of aromatic nitrogens is 1. The van der Waals surface area contributed by atoms with Gasteiger partial charge in [0.15, 0.2) is 5.82 Å². The molecule has 8 heteroatoms. The SMILES string of the molecule is FC(F)(F)c1cnc(NN=Cc2ccco2)c(Cl)c1. The van der Waals surface area contributed by atoms with Crippen LogP contribution in [0.3, 0.4) is 0 Å². The third-order valence-electron chi connectivity index (χ3n) is 2.07. The van der Waals surface area contributed by atoms with E-state index in [4.69, 9.17) is 16.0 Å². The van der Waals surface area contributed by atoms with Crippen LogP contribution in [0.25, 0.3) is 0 Å². The largest absolute Gasteiger partial charge is 0.463 e. The first-order valence-corrected chi connectivity index (χ1v) is 5.40. The van der Waals surface area contributed by atoms with Gasteiger partial charge in [0.2, 0.25) is 0 Å². The fourth-order valence-electron chi connectivity index (χ4n) is 1.20. The number of anilines is 1. The zero-order valence-corrected chi connectivity index (χ0v) is 10.0. The molecule has 0 amide bonds. The van der Waals surface area contributed by atoms with Crippen LogP contribution in [-0.2, 0) is 6.18 Å². The molecule has 4 nitrogen and oxygen atoms in total. The molecule has 1 N–H and O–H groups in total. The van der Waals surface area contributed by atoms with Gasteiger partial charge in [-0.05, 0) is 18.2 Å². The van der Waals surface area contributed by atoms with Gasteiger partial charge in [0.25, 0.3) is 0 Å². The zero-order chi connectivity index (χ0) is 13.9. The van der Waals surface area contributed by atoms with E-state index < -0.39 is 11.7 Å². The van der Waals surface area contributed by atoms with Gasteiger partial charge in [0, 0.05) is 6.20 Å². The number of halogens is 4. The van der Waals surface area contributed by atoms with Gasteiger partial charge in [0.1, 0.15) is 5.76 Å². The van der Waals surface area contributed by atoms with Crippen LogP contribution in [0.2, 0.25) is 5.02 Å². The molecule has 0 radical (unpaired) electrons. The van der Waals surface area contributed by atoms with Crippen molar-refractivity contribution in [1.29, 1.82) is 0 Å². The van der Waals surface area contributed by atoms with E-state index in [0.717, 1.165) is 6.07 Å². The van der Waals surface area contributed by atoms with Crippen LogP contribution in [0.4, 0.5) is 19.0 Å². The minimum Gasteiger partial charge on any atom is -0.463 e. The first kappa shape index (κ1) is 13.4. The summed E-state index contributed by atoms with van der Waals surface area (Å²) in [7, 11) is 0. The summed E-state index contributed by atoms with van der Waals surface area (Å²) in [5.74, 6) is 0.507. The Labute approximate surface area is 110 Å². The predicted molar refractivity (Wildman–Crippen MR) is 64.2 cm³/mol. The molecule has 0 aromatic carbocycles. The molecule has 0 bridgehead atoms. The smallest absolute Gasteiger partial charge is 0.417 e. The molecule has 0 spiro atoms. The lowest BCUT2D eigenvalue weighted by Crippen LogP contribution is -2.06. The molecular weight excluding hydrogens is 283 g/mol. The van der Waals surface area contributed by atoms with Crippen molar-refractivity contribution in [2.75, 3.05) is 5.43 Å². The summed E-state index contributed by atoms with van der Waals surface area (Å²) in [6, 6.07) is 4.11. The Morgan fingerprint density at radius 3 is 2.79 bits per heavy atom. The van der Waals surface area contributed by atoms with Crippen LogP contribution in [0.1, 0.15) is 11.3 Å². The van der Waals surface area contributed by atoms with Crippen molar-refractivity contribution >= 4 is 23.6 Å². The summed E-state index contributed by atoms with van der Waals surface area (Å²) >= 11 is 5.67. The lowest BCUT2D eigenvalue weighted by Gasteiger charge is -2.08. The fourth-order valence-corrected chi connectivity index (χ4v) is 1.41. The first-order valence-electron chi connectivity index (χ1n) is 5.02. The Kier molecular flexibility index (Phi) is 3.75. The molecule has 0 atom stereocenters. The van der Waals surface area contributed by atoms with Crippen LogP contribution >= 0.6 is 11.6 Å². The molecule has 0 saturated carbocycles. The van der Waals surface area contributed by atoms with E-state index in [2.05, 4.69) is 15.5 Å². The van der Waals surface area contributed by atoms with E-state index in [9.17, 15) is 13.2 Å². The number of hydrogen-bond acceptors (Lipinski definition) is 4. The van der Waals surface area contributed by atoms with Crippen molar-refractivity contribution in [3.63, 3.8) is 0 Å². The number of pyridine rings is 1. The Bertz CT molecular complexity index is 581. The molecule has 19 heavy (non-hydrogen) atoms. The molecule has 2 aromatic heterocycles. The van der Waals surface area contributed by atoms with E-state index in [1.807, 2.05) is 0 Å². The number of hydrazone groups is 1. The molecule has 100 valence electrons. The maximum absolute atomic E-state index is 12.4. The number of rotatable bonds is 3. The maximum atomic E-state index is 12.4. The van der Waals surface area contributed by atoms with Crippen LogP contribution in [-0.4, -0.2) is 11.2 Å². The van der Waals surface area contributed by atoms with E-state index in [-0.39, 0.29) is 10.8 Å². The van der Waals surface area contributed by atoms with Crippen LogP contribution in [0.15, 0.2) is 40.2 Å². The maximum Gasteiger partial charge on any atom is 0.417 e. The molecule has 2 heterocycles. The van der Waals surface area contributed by atoms with Gasteiger partial charge in [0.05, 0.1) is 23.1 Å². The second kappa shape index (κ2) is 5.31. The zero-order valence-electron chi connectivity index (χ0n) is 9.28. The van der Waals surface area contributed by atoms with Gasteiger partial charge in [-0.3, -0.25) is 5.43 Å². The summed E-state index contributed by atoms with van der Waals surface area (Å²) in [4.78, 5) is 3.56. The van der Waals surface area contributed by atoms with Crippen LogP contribution < -0.4 is 5.43 Å². The van der Waals surface area contributed by atoms with Crippen molar-refractivity contribution in [3.8, 4) is 0 Å². The van der Waals surface area contributed by atoms with Gasteiger partial charge in [-0.2, -0.15) is 18.3 Å². The minimum absolute atomic E-state index is 0.0254. The molecule has 2 rings (SSSR count). The molecular formula is C11H7ClF3N3O. The molecule has 2 aromatic rings. The second-order valence-electron chi connectivity index (χ2n) is 3.44. The summed E-state index contributed by atoms with van der Waals surface area (Å²) in [5.41, 5.74) is 1.51. The number of alkyl halides is 3. The van der Waals surface area contributed by atoms with Gasteiger partial charge >= 0.3 is 6.18 Å². The van der Waals surface area contributed by atoms with Gasteiger partial charge < -0.3 is 4.42 Å². The Balaban J connectivity index is 2.10. The third kappa shape index (κ3) is 3.47. The summed E-state index contributed by atoms with van der Waals surface area (Å²) < 4.78 is 42.1. The highest BCUT2D eigenvalue weighted by molar-refractivity contribution is 6.32. The van der Waals surface area contributed by atoms with Crippen LogP contribution in [0, 0.1) is 0 Å². The van der Waals surface area contributed by atoms with E-state index >= 15 is 0 Å². The van der Waals surface area contributed by atoms with Gasteiger partial charge in [-0.25, -0.2) is 4.98 Å². The molecule has 0 aliphatic carbocycles. The summed E-state index contributed by atoms with van der Waals surface area (Å²) in [6.07, 6.45) is -0.996. The highest BCUT2D eigenvalue weighted by Crippen LogP contribution is 2.32. The number of nitrogens with zero attached hydrogens (tertiary/aromatic N) is 2.